The molecule has 0 amide bonds. The molecule has 0 saturated heterocycles. The number of rotatable bonds is 5. The maximum absolute atomic E-state index is 12.1. The Labute approximate surface area is 120 Å². The second-order valence-electron chi connectivity index (χ2n) is 4.82. The first-order chi connectivity index (χ1) is 9.77. The average molecular weight is 268 g/mol. The molecule has 0 saturated carbocycles. The van der Waals surface area contributed by atoms with Crippen LogP contribution in [0.2, 0.25) is 0 Å². The van der Waals surface area contributed by atoms with Gasteiger partial charge in [0.25, 0.3) is 0 Å². The zero-order valence-corrected chi connectivity index (χ0v) is 12.0. The van der Waals surface area contributed by atoms with Crippen LogP contribution in [0.3, 0.4) is 0 Å². The maximum atomic E-state index is 12.1. The van der Waals surface area contributed by atoms with E-state index in [9.17, 15) is 4.79 Å². The first-order valence-electron chi connectivity index (χ1n) is 7.00. The van der Waals surface area contributed by atoms with Crippen LogP contribution in [0, 0.1) is 0 Å². The van der Waals surface area contributed by atoms with Crippen LogP contribution in [0.25, 0.3) is 11.1 Å². The molecule has 1 unspecified atom stereocenters. The summed E-state index contributed by atoms with van der Waals surface area (Å²) in [5.74, 6) is -0.350. The van der Waals surface area contributed by atoms with Crippen molar-refractivity contribution in [2.45, 2.75) is 25.7 Å². The Balaban J connectivity index is 2.48. The Morgan fingerprint density at radius 2 is 1.70 bits per heavy atom. The summed E-state index contributed by atoms with van der Waals surface area (Å²) in [5.41, 5.74) is 3.29. The van der Waals surface area contributed by atoms with Crippen molar-refractivity contribution in [2.75, 3.05) is 7.11 Å². The van der Waals surface area contributed by atoms with E-state index in [-0.39, 0.29) is 11.9 Å². The Morgan fingerprint density at radius 3 is 2.35 bits per heavy atom. The van der Waals surface area contributed by atoms with Gasteiger partial charge >= 0.3 is 5.97 Å². The van der Waals surface area contributed by atoms with E-state index in [1.54, 1.807) is 0 Å². The van der Waals surface area contributed by atoms with Crippen molar-refractivity contribution in [3.8, 4) is 11.1 Å². The highest BCUT2D eigenvalue weighted by Crippen LogP contribution is 2.32. The van der Waals surface area contributed by atoms with Crippen molar-refractivity contribution < 1.29 is 9.53 Å². The Hall–Kier alpha value is -2.09. The predicted octanol–water partition coefficient (Wildman–Crippen LogP) is 4.41. The van der Waals surface area contributed by atoms with Crippen LogP contribution in [0.5, 0.6) is 0 Å². The fraction of sp³-hybridized carbons (Fsp3) is 0.278. The minimum atomic E-state index is -0.193. The monoisotopic (exact) mass is 268 g/mol. The molecule has 0 aliphatic heterocycles. The average Bonchev–Trinajstić information content (AvgIpc) is 2.53. The number of methoxy groups -OCH3 is 1. The van der Waals surface area contributed by atoms with Gasteiger partial charge in [0.2, 0.25) is 0 Å². The quantitative estimate of drug-likeness (QED) is 0.751. The summed E-state index contributed by atoms with van der Waals surface area (Å²) in [7, 11) is 1.45. The zero-order valence-electron chi connectivity index (χ0n) is 12.0. The molecule has 0 heterocycles. The second kappa shape index (κ2) is 6.90. The number of carbonyl (C=O) groups excluding carboxylic acids is 1. The highest BCUT2D eigenvalue weighted by atomic mass is 16.5. The van der Waals surface area contributed by atoms with Crippen molar-refractivity contribution in [1.29, 1.82) is 0 Å². The SMILES string of the molecule is CCCC(C(=O)OC)c1ccccc1-c1ccccc1. The summed E-state index contributed by atoms with van der Waals surface area (Å²) in [4.78, 5) is 12.1. The summed E-state index contributed by atoms with van der Waals surface area (Å²) in [6.45, 7) is 2.08. The molecule has 2 rings (SSSR count). The zero-order chi connectivity index (χ0) is 14.4. The van der Waals surface area contributed by atoms with Gasteiger partial charge in [-0.05, 0) is 23.1 Å². The Bertz CT molecular complexity index is 561. The minimum Gasteiger partial charge on any atom is -0.469 e. The van der Waals surface area contributed by atoms with Gasteiger partial charge in [0.05, 0.1) is 13.0 Å². The Morgan fingerprint density at radius 1 is 1.05 bits per heavy atom. The van der Waals surface area contributed by atoms with Gasteiger partial charge in [-0.3, -0.25) is 4.79 Å². The highest BCUT2D eigenvalue weighted by molar-refractivity contribution is 5.82. The van der Waals surface area contributed by atoms with Crippen molar-refractivity contribution in [2.24, 2.45) is 0 Å². The minimum absolute atomic E-state index is 0.157. The van der Waals surface area contributed by atoms with E-state index in [0.29, 0.717) is 0 Å². The molecule has 0 N–H and O–H groups in total. The van der Waals surface area contributed by atoms with E-state index < -0.39 is 0 Å². The third-order valence-corrected chi connectivity index (χ3v) is 3.48. The topological polar surface area (TPSA) is 26.3 Å². The van der Waals surface area contributed by atoms with Gasteiger partial charge in [0.1, 0.15) is 0 Å². The van der Waals surface area contributed by atoms with Crippen LogP contribution in [0.1, 0.15) is 31.2 Å². The third kappa shape index (κ3) is 3.08. The summed E-state index contributed by atoms with van der Waals surface area (Å²) in [6, 6.07) is 18.2. The van der Waals surface area contributed by atoms with E-state index in [1.807, 2.05) is 36.4 Å². The lowest BCUT2D eigenvalue weighted by atomic mass is 9.88. The summed E-state index contributed by atoms with van der Waals surface area (Å²) in [6.07, 6.45) is 1.75. The number of ether oxygens (including phenoxy) is 1. The van der Waals surface area contributed by atoms with Gasteiger partial charge in [-0.2, -0.15) is 0 Å². The molecule has 0 aliphatic rings. The predicted molar refractivity (Wildman–Crippen MR) is 81.5 cm³/mol. The molecule has 2 aromatic carbocycles. The van der Waals surface area contributed by atoms with Crippen LogP contribution in [-0.2, 0) is 9.53 Å². The summed E-state index contributed by atoms with van der Waals surface area (Å²) >= 11 is 0. The molecule has 0 aromatic heterocycles. The molecular weight excluding hydrogens is 248 g/mol. The van der Waals surface area contributed by atoms with Crippen molar-refractivity contribution >= 4 is 5.97 Å². The molecule has 2 nitrogen and oxygen atoms in total. The van der Waals surface area contributed by atoms with Crippen molar-refractivity contribution in [3.05, 3.63) is 60.2 Å². The third-order valence-electron chi connectivity index (χ3n) is 3.48. The first kappa shape index (κ1) is 14.3. The Kier molecular flexibility index (Phi) is 4.94. The number of hydrogen-bond acceptors (Lipinski definition) is 2. The first-order valence-corrected chi connectivity index (χ1v) is 7.00. The number of esters is 1. The molecule has 0 aliphatic carbocycles. The van der Waals surface area contributed by atoms with E-state index in [2.05, 4.69) is 25.1 Å². The van der Waals surface area contributed by atoms with Gasteiger partial charge in [0.15, 0.2) is 0 Å². The van der Waals surface area contributed by atoms with Crippen LogP contribution in [0.4, 0.5) is 0 Å². The van der Waals surface area contributed by atoms with Crippen LogP contribution < -0.4 is 0 Å². The van der Waals surface area contributed by atoms with Crippen molar-refractivity contribution in [3.63, 3.8) is 0 Å². The molecule has 0 radical (unpaired) electrons. The lowest BCUT2D eigenvalue weighted by molar-refractivity contribution is -0.142. The second-order valence-corrected chi connectivity index (χ2v) is 4.82. The highest BCUT2D eigenvalue weighted by Gasteiger charge is 2.23. The van der Waals surface area contributed by atoms with Crippen LogP contribution in [-0.4, -0.2) is 13.1 Å². The normalized spacial score (nSPS) is 11.9. The van der Waals surface area contributed by atoms with Gasteiger partial charge in [-0.15, -0.1) is 0 Å². The smallest absolute Gasteiger partial charge is 0.313 e. The fourth-order valence-corrected chi connectivity index (χ4v) is 2.51. The number of hydrogen-bond donors (Lipinski definition) is 0. The molecule has 0 bridgehead atoms. The lowest BCUT2D eigenvalue weighted by Gasteiger charge is -2.18. The van der Waals surface area contributed by atoms with E-state index in [1.165, 1.54) is 7.11 Å². The molecule has 2 heteroatoms. The van der Waals surface area contributed by atoms with Gasteiger partial charge in [0, 0.05) is 0 Å². The summed E-state index contributed by atoms with van der Waals surface area (Å²) < 4.78 is 4.97. The van der Waals surface area contributed by atoms with E-state index in [4.69, 9.17) is 4.74 Å². The molecule has 0 spiro atoms. The van der Waals surface area contributed by atoms with Gasteiger partial charge < -0.3 is 4.74 Å². The van der Waals surface area contributed by atoms with E-state index in [0.717, 1.165) is 29.5 Å². The standard InChI is InChI=1S/C18H20O2/c1-3-9-17(18(19)20-2)16-13-8-7-12-15(16)14-10-5-4-6-11-14/h4-8,10-13,17H,3,9H2,1-2H3. The summed E-state index contributed by atoms with van der Waals surface area (Å²) in [5, 5.41) is 0. The number of benzene rings is 2. The van der Waals surface area contributed by atoms with E-state index >= 15 is 0 Å². The largest absolute Gasteiger partial charge is 0.469 e. The molecule has 2 aromatic rings. The molecule has 1 atom stereocenters. The lowest BCUT2D eigenvalue weighted by Crippen LogP contribution is -2.15. The molecule has 20 heavy (non-hydrogen) atoms. The fourth-order valence-electron chi connectivity index (χ4n) is 2.51. The van der Waals surface area contributed by atoms with Gasteiger partial charge in [-0.25, -0.2) is 0 Å². The maximum Gasteiger partial charge on any atom is 0.313 e. The number of carbonyl (C=O) groups is 1. The molecule has 104 valence electrons. The molecule has 0 fully saturated rings. The van der Waals surface area contributed by atoms with Crippen LogP contribution in [0.15, 0.2) is 54.6 Å². The van der Waals surface area contributed by atoms with Crippen LogP contribution >= 0.6 is 0 Å². The van der Waals surface area contributed by atoms with Crippen molar-refractivity contribution in [1.82, 2.24) is 0 Å². The van der Waals surface area contributed by atoms with Gasteiger partial charge in [-0.1, -0.05) is 67.9 Å². The molecular formula is C18H20O2.